The van der Waals surface area contributed by atoms with Crippen molar-refractivity contribution in [3.8, 4) is 0 Å². The van der Waals surface area contributed by atoms with E-state index in [0.717, 1.165) is 6.42 Å². The second-order valence-corrected chi connectivity index (χ2v) is 5.54. The van der Waals surface area contributed by atoms with E-state index in [4.69, 9.17) is 9.47 Å². The predicted molar refractivity (Wildman–Crippen MR) is 67.5 cm³/mol. The third-order valence-corrected chi connectivity index (χ3v) is 4.09. The number of fused-ring (bicyclic) bond motifs is 1. The Morgan fingerprint density at radius 3 is 2.88 bits per heavy atom. The molecule has 3 heteroatoms. The SMILES string of the molecule is COC(C)(C)C1Cc2c(Br)cccc2CO1. The third-order valence-electron chi connectivity index (χ3n) is 3.35. The maximum atomic E-state index is 5.87. The van der Waals surface area contributed by atoms with E-state index >= 15 is 0 Å². The zero-order valence-corrected chi connectivity index (χ0v) is 11.5. The van der Waals surface area contributed by atoms with E-state index in [0.29, 0.717) is 6.61 Å². The lowest BCUT2D eigenvalue weighted by molar-refractivity contribution is -0.120. The van der Waals surface area contributed by atoms with E-state index < -0.39 is 0 Å². The number of methoxy groups -OCH3 is 1. The van der Waals surface area contributed by atoms with Crippen molar-refractivity contribution >= 4 is 15.9 Å². The largest absolute Gasteiger partial charge is 0.376 e. The highest BCUT2D eigenvalue weighted by atomic mass is 79.9. The Hall–Kier alpha value is -0.380. The van der Waals surface area contributed by atoms with Gasteiger partial charge in [-0.05, 0) is 31.0 Å². The molecule has 88 valence electrons. The fourth-order valence-electron chi connectivity index (χ4n) is 1.98. The lowest BCUT2D eigenvalue weighted by Gasteiger charge is -2.36. The number of hydrogen-bond donors (Lipinski definition) is 0. The molecular formula is C13H17BrO2. The maximum absolute atomic E-state index is 5.87. The van der Waals surface area contributed by atoms with E-state index in [2.05, 4.69) is 41.9 Å². The van der Waals surface area contributed by atoms with Crippen molar-refractivity contribution in [1.29, 1.82) is 0 Å². The number of benzene rings is 1. The summed E-state index contributed by atoms with van der Waals surface area (Å²) in [6.07, 6.45) is 1.01. The molecule has 0 fully saturated rings. The van der Waals surface area contributed by atoms with Gasteiger partial charge in [0.25, 0.3) is 0 Å². The molecule has 1 unspecified atom stereocenters. The Morgan fingerprint density at radius 2 is 2.19 bits per heavy atom. The first-order chi connectivity index (χ1) is 7.54. The van der Waals surface area contributed by atoms with Crippen molar-refractivity contribution in [2.45, 2.75) is 38.6 Å². The summed E-state index contributed by atoms with van der Waals surface area (Å²) >= 11 is 3.60. The monoisotopic (exact) mass is 284 g/mol. The minimum atomic E-state index is -0.243. The van der Waals surface area contributed by atoms with Gasteiger partial charge in [0, 0.05) is 18.0 Å². The molecule has 0 spiro atoms. The molecule has 0 amide bonds. The first kappa shape index (κ1) is 12.1. The average molecular weight is 285 g/mol. The molecular weight excluding hydrogens is 268 g/mol. The van der Waals surface area contributed by atoms with Crippen LogP contribution in [-0.4, -0.2) is 18.8 Å². The molecule has 1 atom stereocenters. The third kappa shape index (κ3) is 2.17. The molecule has 0 aliphatic carbocycles. The number of hydrogen-bond acceptors (Lipinski definition) is 2. The van der Waals surface area contributed by atoms with Crippen molar-refractivity contribution in [2.75, 3.05) is 7.11 Å². The fraction of sp³-hybridized carbons (Fsp3) is 0.538. The first-order valence-corrected chi connectivity index (χ1v) is 6.27. The van der Waals surface area contributed by atoms with Crippen LogP contribution in [0.15, 0.2) is 22.7 Å². The normalized spacial score (nSPS) is 20.6. The smallest absolute Gasteiger partial charge is 0.0904 e. The van der Waals surface area contributed by atoms with Crippen molar-refractivity contribution in [3.05, 3.63) is 33.8 Å². The summed E-state index contributed by atoms with van der Waals surface area (Å²) in [6.45, 7) is 4.81. The first-order valence-electron chi connectivity index (χ1n) is 5.47. The van der Waals surface area contributed by atoms with Gasteiger partial charge < -0.3 is 9.47 Å². The van der Waals surface area contributed by atoms with Gasteiger partial charge in [0.2, 0.25) is 0 Å². The number of rotatable bonds is 2. The summed E-state index contributed by atoms with van der Waals surface area (Å²) in [4.78, 5) is 0. The second-order valence-electron chi connectivity index (χ2n) is 4.69. The zero-order chi connectivity index (χ0) is 11.8. The van der Waals surface area contributed by atoms with Gasteiger partial charge in [-0.2, -0.15) is 0 Å². The van der Waals surface area contributed by atoms with Crippen molar-refractivity contribution in [2.24, 2.45) is 0 Å². The second kappa shape index (κ2) is 4.47. The Bertz CT molecular complexity index is 388. The molecule has 1 aliphatic rings. The van der Waals surface area contributed by atoms with Crippen LogP contribution >= 0.6 is 15.9 Å². The summed E-state index contributed by atoms with van der Waals surface area (Å²) in [7, 11) is 1.74. The quantitative estimate of drug-likeness (QED) is 0.830. The zero-order valence-electron chi connectivity index (χ0n) is 9.92. The van der Waals surface area contributed by atoms with Gasteiger partial charge in [0.05, 0.1) is 18.3 Å². The summed E-state index contributed by atoms with van der Waals surface area (Å²) < 4.78 is 12.5. The van der Waals surface area contributed by atoms with Crippen LogP contribution in [0.25, 0.3) is 0 Å². The minimum Gasteiger partial charge on any atom is -0.376 e. The summed E-state index contributed by atoms with van der Waals surface area (Å²) in [5.41, 5.74) is 2.38. The van der Waals surface area contributed by atoms with Gasteiger partial charge in [-0.25, -0.2) is 0 Å². The molecule has 0 aromatic heterocycles. The molecule has 1 aromatic rings. The number of halogens is 1. The van der Waals surface area contributed by atoms with Gasteiger partial charge in [-0.1, -0.05) is 28.1 Å². The lowest BCUT2D eigenvalue weighted by Crippen LogP contribution is -2.43. The topological polar surface area (TPSA) is 18.5 Å². The Kier molecular flexibility index (Phi) is 3.38. The molecule has 1 aromatic carbocycles. The minimum absolute atomic E-state index is 0.115. The lowest BCUT2D eigenvalue weighted by atomic mass is 9.90. The van der Waals surface area contributed by atoms with Crippen LogP contribution in [0.4, 0.5) is 0 Å². The standard InChI is InChI=1S/C13H17BrO2/c1-13(2,15-3)12-7-10-9(8-16-12)5-4-6-11(10)14/h4-6,12H,7-8H2,1-3H3. The molecule has 0 radical (unpaired) electrons. The van der Waals surface area contributed by atoms with E-state index in [9.17, 15) is 0 Å². The molecule has 1 heterocycles. The molecule has 2 rings (SSSR count). The maximum Gasteiger partial charge on any atom is 0.0904 e. The van der Waals surface area contributed by atoms with E-state index in [1.807, 2.05) is 6.07 Å². The van der Waals surface area contributed by atoms with Crippen LogP contribution in [0.1, 0.15) is 25.0 Å². The van der Waals surface area contributed by atoms with Crippen LogP contribution in [0.2, 0.25) is 0 Å². The highest BCUT2D eigenvalue weighted by Gasteiger charge is 2.34. The van der Waals surface area contributed by atoms with Crippen LogP contribution in [0, 0.1) is 0 Å². The van der Waals surface area contributed by atoms with Crippen LogP contribution < -0.4 is 0 Å². The molecule has 0 N–H and O–H groups in total. The van der Waals surface area contributed by atoms with Gasteiger partial charge in [-0.3, -0.25) is 0 Å². The molecule has 1 aliphatic heterocycles. The van der Waals surface area contributed by atoms with Crippen LogP contribution in [0.5, 0.6) is 0 Å². The highest BCUT2D eigenvalue weighted by Crippen LogP contribution is 2.32. The van der Waals surface area contributed by atoms with Crippen LogP contribution in [0.3, 0.4) is 0 Å². The molecule has 0 bridgehead atoms. The van der Waals surface area contributed by atoms with Crippen molar-refractivity contribution in [1.82, 2.24) is 0 Å². The molecule has 0 saturated carbocycles. The summed E-state index contributed by atoms with van der Waals surface area (Å²) in [6, 6.07) is 6.26. The van der Waals surface area contributed by atoms with Crippen LogP contribution in [-0.2, 0) is 22.5 Å². The van der Waals surface area contributed by atoms with Gasteiger partial charge >= 0.3 is 0 Å². The van der Waals surface area contributed by atoms with E-state index in [1.54, 1.807) is 7.11 Å². The van der Waals surface area contributed by atoms with Gasteiger partial charge in [-0.15, -0.1) is 0 Å². The molecule has 16 heavy (non-hydrogen) atoms. The van der Waals surface area contributed by atoms with Crippen molar-refractivity contribution in [3.63, 3.8) is 0 Å². The Labute approximate surface area is 105 Å². The van der Waals surface area contributed by atoms with Gasteiger partial charge in [0.15, 0.2) is 0 Å². The summed E-state index contributed by atoms with van der Waals surface area (Å²) in [5, 5.41) is 0. The molecule has 2 nitrogen and oxygen atoms in total. The Balaban J connectivity index is 2.27. The van der Waals surface area contributed by atoms with E-state index in [-0.39, 0.29) is 11.7 Å². The summed E-state index contributed by atoms with van der Waals surface area (Å²) in [5.74, 6) is 0. The molecule has 0 saturated heterocycles. The fourth-order valence-corrected chi connectivity index (χ4v) is 2.55. The van der Waals surface area contributed by atoms with Gasteiger partial charge in [0.1, 0.15) is 0 Å². The van der Waals surface area contributed by atoms with Crippen molar-refractivity contribution < 1.29 is 9.47 Å². The van der Waals surface area contributed by atoms with E-state index in [1.165, 1.54) is 15.6 Å². The Morgan fingerprint density at radius 1 is 1.44 bits per heavy atom. The predicted octanol–water partition coefficient (Wildman–Crippen LogP) is 3.32. The number of ether oxygens (including phenoxy) is 2. The average Bonchev–Trinajstić information content (AvgIpc) is 2.29. The highest BCUT2D eigenvalue weighted by molar-refractivity contribution is 9.10.